The lowest BCUT2D eigenvalue weighted by atomic mass is 9.86. The van der Waals surface area contributed by atoms with Crippen molar-refractivity contribution >= 4 is 5.71 Å². The van der Waals surface area contributed by atoms with Crippen molar-refractivity contribution in [2.24, 2.45) is 5.10 Å². The summed E-state index contributed by atoms with van der Waals surface area (Å²) in [6.07, 6.45) is 0.517. The highest BCUT2D eigenvalue weighted by molar-refractivity contribution is 6.02. The Balaban J connectivity index is 1.54. The fourth-order valence-electron chi connectivity index (χ4n) is 4.59. The van der Waals surface area contributed by atoms with Crippen LogP contribution in [0.5, 0.6) is 17.2 Å². The Hall–Kier alpha value is -3.47. The number of rotatable bonds is 4. The van der Waals surface area contributed by atoms with Gasteiger partial charge in [-0.05, 0) is 35.2 Å². The van der Waals surface area contributed by atoms with Gasteiger partial charge in [0.15, 0.2) is 11.5 Å². The molecule has 2 atom stereocenters. The molecule has 0 N–H and O–H groups in total. The van der Waals surface area contributed by atoms with Crippen LogP contribution in [0.4, 0.5) is 0 Å². The maximum atomic E-state index is 6.50. The molecule has 0 spiro atoms. The van der Waals surface area contributed by atoms with Crippen LogP contribution in [0, 0.1) is 0 Å². The summed E-state index contributed by atoms with van der Waals surface area (Å²) in [5.41, 5.74) is 5.71. The van der Waals surface area contributed by atoms with E-state index in [1.165, 1.54) is 11.1 Å². The molecule has 0 saturated heterocycles. The van der Waals surface area contributed by atoms with E-state index in [4.69, 9.17) is 19.3 Å². The Labute approximate surface area is 195 Å². The first-order valence-electron chi connectivity index (χ1n) is 11.3. The minimum Gasteiger partial charge on any atom is -0.493 e. The Morgan fingerprint density at radius 3 is 2.33 bits per heavy atom. The van der Waals surface area contributed by atoms with Gasteiger partial charge in [0.25, 0.3) is 0 Å². The molecule has 0 radical (unpaired) electrons. The van der Waals surface area contributed by atoms with Crippen molar-refractivity contribution in [1.82, 2.24) is 5.01 Å². The average molecular weight is 443 g/mol. The van der Waals surface area contributed by atoms with Crippen molar-refractivity contribution < 1.29 is 14.2 Å². The van der Waals surface area contributed by atoms with Crippen LogP contribution >= 0.6 is 0 Å². The SMILES string of the molecule is COc1ccc(C2=NN3C(C2)c2ccccc2OC3c2ccc(C(C)(C)C)cc2)cc1OC. The van der Waals surface area contributed by atoms with Gasteiger partial charge < -0.3 is 14.2 Å². The van der Waals surface area contributed by atoms with E-state index >= 15 is 0 Å². The third-order valence-electron chi connectivity index (χ3n) is 6.48. The number of fused-ring (bicyclic) bond motifs is 3. The number of nitrogens with zero attached hydrogens (tertiary/aromatic N) is 2. The summed E-state index contributed by atoms with van der Waals surface area (Å²) in [6.45, 7) is 6.68. The van der Waals surface area contributed by atoms with Gasteiger partial charge in [0.2, 0.25) is 6.23 Å². The molecule has 33 heavy (non-hydrogen) atoms. The predicted molar refractivity (Wildman–Crippen MR) is 130 cm³/mol. The Bertz CT molecular complexity index is 1190. The molecule has 5 heteroatoms. The highest BCUT2D eigenvalue weighted by atomic mass is 16.5. The molecule has 2 unspecified atom stereocenters. The van der Waals surface area contributed by atoms with Crippen molar-refractivity contribution in [3.05, 3.63) is 89.0 Å². The van der Waals surface area contributed by atoms with Gasteiger partial charge in [-0.1, -0.05) is 63.2 Å². The lowest BCUT2D eigenvalue weighted by molar-refractivity contribution is -0.0190. The maximum Gasteiger partial charge on any atom is 0.213 e. The maximum absolute atomic E-state index is 6.50. The minimum atomic E-state index is -0.281. The summed E-state index contributed by atoms with van der Waals surface area (Å²) in [5.74, 6) is 2.34. The summed E-state index contributed by atoms with van der Waals surface area (Å²) in [4.78, 5) is 0. The number of para-hydroxylation sites is 1. The first-order valence-corrected chi connectivity index (χ1v) is 11.3. The van der Waals surface area contributed by atoms with Gasteiger partial charge in [-0.2, -0.15) is 5.10 Å². The quantitative estimate of drug-likeness (QED) is 0.479. The number of hydrogen-bond acceptors (Lipinski definition) is 5. The molecule has 0 saturated carbocycles. The third-order valence-corrected chi connectivity index (χ3v) is 6.48. The molecule has 5 rings (SSSR count). The Morgan fingerprint density at radius 2 is 1.64 bits per heavy atom. The van der Waals surface area contributed by atoms with Gasteiger partial charge in [0, 0.05) is 23.1 Å². The zero-order valence-corrected chi connectivity index (χ0v) is 19.8. The first kappa shape index (κ1) is 21.4. The van der Waals surface area contributed by atoms with E-state index in [0.717, 1.165) is 29.0 Å². The summed E-state index contributed by atoms with van der Waals surface area (Å²) < 4.78 is 17.4. The van der Waals surface area contributed by atoms with Crippen LogP contribution in [0.25, 0.3) is 0 Å². The third kappa shape index (κ3) is 3.82. The van der Waals surface area contributed by atoms with E-state index in [0.29, 0.717) is 11.5 Å². The van der Waals surface area contributed by atoms with Gasteiger partial charge in [-0.25, -0.2) is 5.01 Å². The number of ether oxygens (including phenoxy) is 3. The zero-order chi connectivity index (χ0) is 23.2. The fourth-order valence-corrected chi connectivity index (χ4v) is 4.59. The number of methoxy groups -OCH3 is 2. The largest absolute Gasteiger partial charge is 0.493 e. The summed E-state index contributed by atoms with van der Waals surface area (Å²) in [7, 11) is 3.30. The van der Waals surface area contributed by atoms with Crippen molar-refractivity contribution in [1.29, 1.82) is 0 Å². The summed E-state index contributed by atoms with van der Waals surface area (Å²) in [6, 6.07) is 23.1. The minimum absolute atomic E-state index is 0.105. The topological polar surface area (TPSA) is 43.3 Å². The predicted octanol–water partition coefficient (Wildman–Crippen LogP) is 6.24. The molecule has 0 amide bonds. The van der Waals surface area contributed by atoms with Gasteiger partial charge in [-0.3, -0.25) is 0 Å². The number of benzene rings is 3. The van der Waals surface area contributed by atoms with E-state index in [9.17, 15) is 0 Å². The van der Waals surface area contributed by atoms with Crippen LogP contribution in [-0.4, -0.2) is 24.9 Å². The zero-order valence-electron chi connectivity index (χ0n) is 19.8. The van der Waals surface area contributed by atoms with Crippen molar-refractivity contribution in [3.63, 3.8) is 0 Å². The summed E-state index contributed by atoms with van der Waals surface area (Å²) >= 11 is 0. The molecule has 3 aromatic carbocycles. The van der Waals surface area contributed by atoms with Crippen LogP contribution in [-0.2, 0) is 5.41 Å². The van der Waals surface area contributed by atoms with Gasteiger partial charge in [0.1, 0.15) is 5.75 Å². The molecule has 2 aliphatic rings. The number of hydrogen-bond donors (Lipinski definition) is 0. The second-order valence-corrected chi connectivity index (χ2v) is 9.60. The Kier molecular flexibility index (Phi) is 5.28. The molecule has 0 aliphatic carbocycles. The molecule has 0 bridgehead atoms. The van der Waals surface area contributed by atoms with E-state index in [-0.39, 0.29) is 17.7 Å². The molecular formula is C28H30N2O3. The van der Waals surface area contributed by atoms with Crippen LogP contribution < -0.4 is 14.2 Å². The fraction of sp³-hybridized carbons (Fsp3) is 0.321. The molecule has 2 heterocycles. The highest BCUT2D eigenvalue weighted by Crippen LogP contribution is 2.47. The van der Waals surface area contributed by atoms with Crippen LogP contribution in [0.1, 0.15) is 61.7 Å². The highest BCUT2D eigenvalue weighted by Gasteiger charge is 2.41. The van der Waals surface area contributed by atoms with Crippen molar-refractivity contribution in [2.75, 3.05) is 14.2 Å². The lowest BCUT2D eigenvalue weighted by Gasteiger charge is -2.38. The molecule has 0 fully saturated rings. The second-order valence-electron chi connectivity index (χ2n) is 9.60. The first-order chi connectivity index (χ1) is 15.9. The molecule has 2 aliphatic heterocycles. The Morgan fingerprint density at radius 1 is 0.909 bits per heavy atom. The monoisotopic (exact) mass is 442 g/mol. The van der Waals surface area contributed by atoms with Crippen LogP contribution in [0.15, 0.2) is 71.8 Å². The van der Waals surface area contributed by atoms with Gasteiger partial charge in [0.05, 0.1) is 26.0 Å². The van der Waals surface area contributed by atoms with E-state index in [2.05, 4.69) is 68.2 Å². The van der Waals surface area contributed by atoms with Crippen LogP contribution in [0.3, 0.4) is 0 Å². The van der Waals surface area contributed by atoms with E-state index in [1.54, 1.807) is 14.2 Å². The molecule has 5 nitrogen and oxygen atoms in total. The second kappa shape index (κ2) is 8.14. The number of hydrazone groups is 1. The normalized spacial score (nSPS) is 19.3. The van der Waals surface area contributed by atoms with Crippen molar-refractivity contribution in [3.8, 4) is 17.2 Å². The lowest BCUT2D eigenvalue weighted by Crippen LogP contribution is -2.33. The molecule has 0 aromatic heterocycles. The van der Waals surface area contributed by atoms with E-state index < -0.39 is 0 Å². The molecule has 3 aromatic rings. The van der Waals surface area contributed by atoms with Gasteiger partial charge >= 0.3 is 0 Å². The van der Waals surface area contributed by atoms with Crippen LogP contribution in [0.2, 0.25) is 0 Å². The molecular weight excluding hydrogens is 412 g/mol. The van der Waals surface area contributed by atoms with Crippen molar-refractivity contribution in [2.45, 2.75) is 44.9 Å². The smallest absolute Gasteiger partial charge is 0.213 e. The van der Waals surface area contributed by atoms with E-state index in [1.807, 2.05) is 24.3 Å². The molecule has 170 valence electrons. The summed E-state index contributed by atoms with van der Waals surface area (Å²) in [5, 5.41) is 7.18. The van der Waals surface area contributed by atoms with Gasteiger partial charge in [-0.15, -0.1) is 0 Å². The average Bonchev–Trinajstić information content (AvgIpc) is 3.28. The standard InChI is InChI=1S/C28H30N2O3/c1-28(2,3)20-13-10-18(11-14-20)27-30-23(21-8-6-7-9-24(21)33-27)17-22(29-30)19-12-15-25(31-4)26(16-19)32-5/h6-16,23,27H,17H2,1-5H3.